The van der Waals surface area contributed by atoms with Gasteiger partial charge in [0.2, 0.25) is 5.95 Å². The molecule has 9 nitrogen and oxygen atoms in total. The van der Waals surface area contributed by atoms with Crippen LogP contribution in [0.5, 0.6) is 17.8 Å². The summed E-state index contributed by atoms with van der Waals surface area (Å²) in [5.41, 5.74) is 0.246. The molecule has 7 rings (SSSR count). The Morgan fingerprint density at radius 1 is 1.10 bits per heavy atom. The SMILES string of the molecule is C#Cc1c(F)ccc2cc(O)cc(COc3nc(OC[C@@]45CCCN4C[C@H](F)C5)nc(N4C[C@H]5CC[C@@H](C4)N5)n3)c12. The Morgan fingerprint density at radius 3 is 2.66 bits per heavy atom. The number of piperazine rings is 1. The van der Waals surface area contributed by atoms with Crippen molar-refractivity contribution in [1.82, 2.24) is 25.2 Å². The molecule has 5 heterocycles. The number of hydrogen-bond acceptors (Lipinski definition) is 9. The monoisotopic (exact) mass is 562 g/mol. The van der Waals surface area contributed by atoms with E-state index in [-0.39, 0.29) is 42.1 Å². The highest BCUT2D eigenvalue weighted by Gasteiger charge is 2.49. The Balaban J connectivity index is 1.19. The van der Waals surface area contributed by atoms with Crippen LogP contribution in [0.25, 0.3) is 10.8 Å². The normalized spacial score (nSPS) is 27.2. The first kappa shape index (κ1) is 26.2. The van der Waals surface area contributed by atoms with E-state index in [1.165, 1.54) is 18.2 Å². The molecule has 3 aromatic rings. The summed E-state index contributed by atoms with van der Waals surface area (Å²) in [4.78, 5) is 18.0. The quantitative estimate of drug-likeness (QED) is 0.421. The van der Waals surface area contributed by atoms with Gasteiger partial charge in [-0.3, -0.25) is 4.90 Å². The number of anilines is 1. The van der Waals surface area contributed by atoms with Crippen molar-refractivity contribution in [3.05, 3.63) is 41.2 Å². The van der Waals surface area contributed by atoms with Crippen LogP contribution in [-0.2, 0) is 6.61 Å². The molecule has 4 saturated heterocycles. The number of phenolic OH excluding ortho intramolecular Hbond substituents is 1. The number of rotatable bonds is 7. The van der Waals surface area contributed by atoms with Crippen LogP contribution in [0.2, 0.25) is 0 Å². The van der Waals surface area contributed by atoms with Gasteiger partial charge in [0.1, 0.15) is 31.0 Å². The number of ether oxygens (including phenoxy) is 2. The molecular weight excluding hydrogens is 530 g/mol. The third kappa shape index (κ3) is 4.89. The van der Waals surface area contributed by atoms with Crippen LogP contribution >= 0.6 is 0 Å². The Hall–Kier alpha value is -3.75. The van der Waals surface area contributed by atoms with Gasteiger partial charge in [0.15, 0.2) is 0 Å². The Kier molecular flexibility index (Phi) is 6.55. The van der Waals surface area contributed by atoms with Crippen molar-refractivity contribution < 1.29 is 23.4 Å². The molecular formula is C30H32F2N6O3. The first-order chi connectivity index (χ1) is 19.9. The minimum absolute atomic E-state index is 0.00503. The highest BCUT2D eigenvalue weighted by Crippen LogP contribution is 2.40. The third-order valence-electron chi connectivity index (χ3n) is 8.95. The van der Waals surface area contributed by atoms with E-state index in [1.54, 1.807) is 6.07 Å². The molecule has 0 aliphatic carbocycles. The number of aromatic nitrogens is 3. The van der Waals surface area contributed by atoms with Crippen molar-refractivity contribution in [1.29, 1.82) is 0 Å². The van der Waals surface area contributed by atoms with Gasteiger partial charge in [0.05, 0.1) is 11.1 Å². The standard InChI is InChI=1S/C30H32F2N6O3/c1-2-24-25(32)7-4-18-10-23(39)11-19(26(18)24)16-40-28-34-27(37-14-21-5-6-22(15-37)33-21)35-29(36-28)41-17-30-8-3-9-38(30)13-20(31)12-30/h1,4,7,10-11,20-22,33,39H,3,5-6,8-9,12-17H2/t20-,21-,22+,30+/m1/s1. The molecule has 4 fully saturated rings. The fourth-order valence-electron chi connectivity index (χ4n) is 7.11. The Labute approximate surface area is 236 Å². The Morgan fingerprint density at radius 2 is 1.88 bits per heavy atom. The molecule has 4 atom stereocenters. The predicted molar refractivity (Wildman–Crippen MR) is 148 cm³/mol. The zero-order valence-corrected chi connectivity index (χ0v) is 22.7. The fourth-order valence-corrected chi connectivity index (χ4v) is 7.11. The number of hydrogen-bond donors (Lipinski definition) is 2. The van der Waals surface area contributed by atoms with Crippen LogP contribution in [0, 0.1) is 18.2 Å². The van der Waals surface area contributed by atoms with Crippen LogP contribution in [0.4, 0.5) is 14.7 Å². The topological polar surface area (TPSA) is 95.9 Å². The first-order valence-corrected chi connectivity index (χ1v) is 14.2. The van der Waals surface area contributed by atoms with Gasteiger partial charge in [0, 0.05) is 49.1 Å². The van der Waals surface area contributed by atoms with E-state index in [2.05, 4.69) is 36.0 Å². The van der Waals surface area contributed by atoms with Crippen LogP contribution in [0.15, 0.2) is 24.3 Å². The first-order valence-electron chi connectivity index (χ1n) is 14.2. The average Bonchev–Trinajstić information content (AvgIpc) is 3.61. The van der Waals surface area contributed by atoms with E-state index in [0.29, 0.717) is 47.3 Å². The van der Waals surface area contributed by atoms with Crippen molar-refractivity contribution in [2.75, 3.05) is 37.7 Å². The molecule has 4 aliphatic rings. The fraction of sp³-hybridized carbons (Fsp3) is 0.500. The molecule has 0 radical (unpaired) electrons. The number of terminal acetylenes is 1. The second-order valence-electron chi connectivity index (χ2n) is 11.7. The number of aromatic hydroxyl groups is 1. The highest BCUT2D eigenvalue weighted by molar-refractivity contribution is 5.92. The molecule has 0 unspecified atom stereocenters. The van der Waals surface area contributed by atoms with Crippen LogP contribution in [0.1, 0.15) is 43.2 Å². The molecule has 0 spiro atoms. The van der Waals surface area contributed by atoms with E-state index >= 15 is 0 Å². The minimum atomic E-state index is -0.863. The van der Waals surface area contributed by atoms with Crippen LogP contribution < -0.4 is 19.7 Å². The van der Waals surface area contributed by atoms with Crippen LogP contribution in [0.3, 0.4) is 0 Å². The van der Waals surface area contributed by atoms with Gasteiger partial charge in [-0.25, -0.2) is 8.78 Å². The van der Waals surface area contributed by atoms with Gasteiger partial charge in [0.25, 0.3) is 0 Å². The maximum Gasteiger partial charge on any atom is 0.324 e. The van der Waals surface area contributed by atoms with Gasteiger partial charge in [-0.1, -0.05) is 12.0 Å². The van der Waals surface area contributed by atoms with Crippen molar-refractivity contribution >= 4 is 16.7 Å². The summed E-state index contributed by atoms with van der Waals surface area (Å²) in [6.07, 6.45) is 9.28. The zero-order valence-electron chi connectivity index (χ0n) is 22.7. The van der Waals surface area contributed by atoms with Crippen molar-refractivity contribution in [2.45, 2.75) is 62.5 Å². The number of nitrogens with zero attached hydrogens (tertiary/aromatic N) is 5. The molecule has 4 aliphatic heterocycles. The molecule has 11 heteroatoms. The van der Waals surface area contributed by atoms with Gasteiger partial charge in [-0.2, -0.15) is 9.97 Å². The Bertz CT molecular complexity index is 1520. The summed E-state index contributed by atoms with van der Waals surface area (Å²) < 4.78 is 41.1. The molecule has 0 amide bonds. The van der Waals surface area contributed by atoms with Crippen LogP contribution in [-0.4, -0.2) is 81.5 Å². The average molecular weight is 563 g/mol. The lowest BCUT2D eigenvalue weighted by Gasteiger charge is -2.33. The molecule has 1 aromatic heterocycles. The van der Waals surface area contributed by atoms with E-state index in [1.807, 2.05) is 0 Å². The minimum Gasteiger partial charge on any atom is -0.508 e. The largest absolute Gasteiger partial charge is 0.508 e. The summed E-state index contributed by atoms with van der Waals surface area (Å²) in [5.74, 6) is 2.35. The summed E-state index contributed by atoms with van der Waals surface area (Å²) in [7, 11) is 0. The number of alkyl halides is 1. The lowest BCUT2D eigenvalue weighted by Crippen LogP contribution is -2.51. The number of halogens is 2. The second-order valence-corrected chi connectivity index (χ2v) is 11.7. The number of nitrogens with one attached hydrogen (secondary N) is 1. The molecule has 2 bridgehead atoms. The number of phenols is 1. The molecule has 214 valence electrons. The summed E-state index contributed by atoms with van der Waals surface area (Å²) in [5, 5.41) is 15.0. The van der Waals surface area contributed by atoms with E-state index in [0.717, 1.165) is 45.3 Å². The van der Waals surface area contributed by atoms with E-state index in [4.69, 9.17) is 15.9 Å². The summed E-state index contributed by atoms with van der Waals surface area (Å²) >= 11 is 0. The van der Waals surface area contributed by atoms with Crippen molar-refractivity contribution in [3.63, 3.8) is 0 Å². The smallest absolute Gasteiger partial charge is 0.324 e. The van der Waals surface area contributed by atoms with Gasteiger partial charge >= 0.3 is 12.0 Å². The van der Waals surface area contributed by atoms with E-state index in [9.17, 15) is 13.9 Å². The maximum atomic E-state index is 14.5. The molecule has 0 saturated carbocycles. The van der Waals surface area contributed by atoms with Crippen molar-refractivity contribution in [3.8, 4) is 30.1 Å². The van der Waals surface area contributed by atoms with Gasteiger partial charge < -0.3 is 24.8 Å². The van der Waals surface area contributed by atoms with Crippen molar-refractivity contribution in [2.24, 2.45) is 0 Å². The molecule has 2 N–H and O–H groups in total. The number of fused-ring (bicyclic) bond motifs is 4. The summed E-state index contributed by atoms with van der Waals surface area (Å²) in [6.45, 7) is 3.01. The lowest BCUT2D eigenvalue weighted by molar-refractivity contribution is 0.106. The van der Waals surface area contributed by atoms with Gasteiger partial charge in [-0.15, -0.1) is 11.4 Å². The maximum absolute atomic E-state index is 14.5. The third-order valence-corrected chi connectivity index (χ3v) is 8.95. The highest BCUT2D eigenvalue weighted by atomic mass is 19.1. The molecule has 41 heavy (non-hydrogen) atoms. The summed E-state index contributed by atoms with van der Waals surface area (Å²) in [6, 6.07) is 6.76. The second kappa shape index (κ2) is 10.3. The zero-order chi connectivity index (χ0) is 28.1. The predicted octanol–water partition coefficient (Wildman–Crippen LogP) is 3.33. The van der Waals surface area contributed by atoms with E-state index < -0.39 is 12.0 Å². The van der Waals surface area contributed by atoms with Gasteiger partial charge in [-0.05, 0) is 55.8 Å². The molecule has 2 aromatic carbocycles. The number of benzene rings is 2. The lowest BCUT2D eigenvalue weighted by atomic mass is 9.95.